The maximum absolute atomic E-state index is 12.5. The Morgan fingerprint density at radius 2 is 2.00 bits per heavy atom. The lowest BCUT2D eigenvalue weighted by molar-refractivity contribution is 0.133. The van der Waals surface area contributed by atoms with E-state index in [0.717, 1.165) is 39.1 Å². The van der Waals surface area contributed by atoms with Gasteiger partial charge in [-0.15, -0.1) is 0 Å². The minimum Gasteiger partial charge on any atom is -0.334 e. The van der Waals surface area contributed by atoms with Crippen LogP contribution in [0.4, 0.5) is 4.79 Å². The largest absolute Gasteiger partial charge is 0.334 e. The Kier molecular flexibility index (Phi) is 5.78. The van der Waals surface area contributed by atoms with Crippen LogP contribution in [0.2, 0.25) is 0 Å². The second-order valence-electron chi connectivity index (χ2n) is 6.38. The molecule has 0 aromatic carbocycles. The van der Waals surface area contributed by atoms with Crippen molar-refractivity contribution in [2.75, 3.05) is 32.4 Å². The highest BCUT2D eigenvalue weighted by Gasteiger charge is 2.30. The Balaban J connectivity index is 1.44. The van der Waals surface area contributed by atoms with E-state index in [1.807, 2.05) is 29.1 Å². The molecule has 1 aromatic heterocycles. The first-order chi connectivity index (χ1) is 11.3. The average molecular weight is 334 g/mol. The van der Waals surface area contributed by atoms with Crippen molar-refractivity contribution >= 4 is 17.8 Å². The van der Waals surface area contributed by atoms with Gasteiger partial charge in [0.2, 0.25) is 0 Å². The zero-order chi connectivity index (χ0) is 16.1. The maximum atomic E-state index is 12.5. The van der Waals surface area contributed by atoms with E-state index in [-0.39, 0.29) is 6.03 Å². The molecule has 2 heterocycles. The van der Waals surface area contributed by atoms with Gasteiger partial charge >= 0.3 is 6.03 Å². The van der Waals surface area contributed by atoms with Crippen molar-refractivity contribution in [3.8, 4) is 0 Å². The molecule has 0 spiro atoms. The van der Waals surface area contributed by atoms with Crippen molar-refractivity contribution in [2.24, 2.45) is 0 Å². The molecule has 23 heavy (non-hydrogen) atoms. The summed E-state index contributed by atoms with van der Waals surface area (Å²) in [5.41, 5.74) is 1.28. The molecule has 0 radical (unpaired) electrons. The summed E-state index contributed by atoms with van der Waals surface area (Å²) >= 11 is 1.88. The van der Waals surface area contributed by atoms with Crippen molar-refractivity contribution in [3.05, 3.63) is 30.1 Å². The van der Waals surface area contributed by atoms with Crippen LogP contribution in [-0.2, 0) is 6.54 Å². The van der Waals surface area contributed by atoms with Crippen LogP contribution in [0.15, 0.2) is 24.5 Å². The molecule has 2 aliphatic rings. The zero-order valence-electron chi connectivity index (χ0n) is 13.8. The smallest absolute Gasteiger partial charge is 0.317 e. The summed E-state index contributed by atoms with van der Waals surface area (Å²) in [6.07, 6.45) is 9.40. The standard InChI is InChI=1S/C17H26N4OS/c1-23-16-4-2-3-15(16)19-17(22)21-11-9-20(10-12-21)13-14-5-7-18-8-6-14/h5-8,15-16H,2-4,9-13H2,1H3,(H,19,22)/t15-,16+/m1/s1. The van der Waals surface area contributed by atoms with Crippen LogP contribution in [-0.4, -0.2) is 64.5 Å². The van der Waals surface area contributed by atoms with E-state index in [9.17, 15) is 4.79 Å². The number of hydrogen-bond acceptors (Lipinski definition) is 4. The second-order valence-corrected chi connectivity index (χ2v) is 7.46. The number of carbonyl (C=O) groups excluding carboxylic acids is 1. The van der Waals surface area contributed by atoms with Crippen LogP contribution in [0.25, 0.3) is 0 Å². The SMILES string of the molecule is CS[C@H]1CCC[C@H]1NC(=O)N1CCN(Cc2ccncc2)CC1. The summed E-state index contributed by atoms with van der Waals surface area (Å²) in [6, 6.07) is 4.59. The van der Waals surface area contributed by atoms with E-state index in [1.54, 1.807) is 0 Å². The van der Waals surface area contributed by atoms with Gasteiger partial charge in [-0.3, -0.25) is 9.88 Å². The predicted molar refractivity (Wildman–Crippen MR) is 94.6 cm³/mol. The minimum absolute atomic E-state index is 0.125. The molecule has 126 valence electrons. The molecule has 1 aliphatic heterocycles. The lowest BCUT2D eigenvalue weighted by atomic mass is 10.2. The molecule has 6 heteroatoms. The minimum atomic E-state index is 0.125. The number of nitrogens with zero attached hydrogens (tertiary/aromatic N) is 3. The number of carbonyl (C=O) groups is 1. The van der Waals surface area contributed by atoms with Crippen LogP contribution in [0.3, 0.4) is 0 Å². The average Bonchev–Trinajstić information content (AvgIpc) is 3.03. The Morgan fingerprint density at radius 1 is 1.26 bits per heavy atom. The number of amides is 2. The second kappa shape index (κ2) is 8.02. The third kappa shape index (κ3) is 4.38. The van der Waals surface area contributed by atoms with E-state index in [4.69, 9.17) is 0 Å². The fraction of sp³-hybridized carbons (Fsp3) is 0.647. The zero-order valence-corrected chi connectivity index (χ0v) is 14.6. The molecule has 1 aromatic rings. The van der Waals surface area contributed by atoms with Gasteiger partial charge in [-0.25, -0.2) is 4.79 Å². The summed E-state index contributed by atoms with van der Waals surface area (Å²) in [4.78, 5) is 20.9. The van der Waals surface area contributed by atoms with E-state index < -0.39 is 0 Å². The van der Waals surface area contributed by atoms with E-state index in [0.29, 0.717) is 11.3 Å². The number of urea groups is 1. The highest BCUT2D eigenvalue weighted by Crippen LogP contribution is 2.28. The Morgan fingerprint density at radius 3 is 2.70 bits per heavy atom. The summed E-state index contributed by atoms with van der Waals surface area (Å²) in [5.74, 6) is 0. The highest BCUT2D eigenvalue weighted by atomic mass is 32.2. The number of piperazine rings is 1. The number of pyridine rings is 1. The first-order valence-electron chi connectivity index (χ1n) is 8.46. The fourth-order valence-electron chi connectivity index (χ4n) is 3.48. The molecule has 1 N–H and O–H groups in total. The van der Waals surface area contributed by atoms with Gasteiger partial charge in [-0.1, -0.05) is 6.42 Å². The van der Waals surface area contributed by atoms with E-state index >= 15 is 0 Å². The number of nitrogens with one attached hydrogen (secondary N) is 1. The molecule has 2 atom stereocenters. The van der Waals surface area contributed by atoms with Gasteiger partial charge in [-0.05, 0) is 36.8 Å². The van der Waals surface area contributed by atoms with Gasteiger partial charge in [0.1, 0.15) is 0 Å². The van der Waals surface area contributed by atoms with Gasteiger partial charge < -0.3 is 10.2 Å². The molecule has 0 unspecified atom stereocenters. The first-order valence-corrected chi connectivity index (χ1v) is 9.74. The molecule has 3 rings (SSSR count). The summed E-state index contributed by atoms with van der Waals surface area (Å²) in [7, 11) is 0. The summed E-state index contributed by atoms with van der Waals surface area (Å²) in [5, 5.41) is 3.84. The normalized spacial score (nSPS) is 25.5. The molecular formula is C17H26N4OS. The monoisotopic (exact) mass is 334 g/mol. The van der Waals surface area contributed by atoms with E-state index in [2.05, 4.69) is 33.6 Å². The number of rotatable bonds is 4. The highest BCUT2D eigenvalue weighted by molar-refractivity contribution is 7.99. The third-order valence-corrected chi connectivity index (χ3v) is 6.05. The molecule has 5 nitrogen and oxygen atoms in total. The Hall–Kier alpha value is -1.27. The number of thioether (sulfide) groups is 1. The third-order valence-electron chi connectivity index (χ3n) is 4.88. The van der Waals surface area contributed by atoms with Crippen molar-refractivity contribution in [2.45, 2.75) is 37.1 Å². The summed E-state index contributed by atoms with van der Waals surface area (Å²) < 4.78 is 0. The number of hydrogen-bond donors (Lipinski definition) is 1. The lowest BCUT2D eigenvalue weighted by Crippen LogP contribution is -2.53. The summed E-state index contributed by atoms with van der Waals surface area (Å²) in [6.45, 7) is 4.44. The van der Waals surface area contributed by atoms with Gasteiger partial charge in [0.05, 0.1) is 0 Å². The fourth-order valence-corrected chi connectivity index (χ4v) is 4.41. The van der Waals surface area contributed by atoms with Gasteiger partial charge in [-0.2, -0.15) is 11.8 Å². The quantitative estimate of drug-likeness (QED) is 0.917. The van der Waals surface area contributed by atoms with Crippen molar-refractivity contribution in [1.29, 1.82) is 0 Å². The molecule has 1 saturated carbocycles. The van der Waals surface area contributed by atoms with Crippen LogP contribution >= 0.6 is 11.8 Å². The Labute approximate surface area is 142 Å². The maximum Gasteiger partial charge on any atom is 0.317 e. The van der Waals surface area contributed by atoms with Gasteiger partial charge in [0, 0.05) is 56.4 Å². The van der Waals surface area contributed by atoms with Crippen molar-refractivity contribution in [3.63, 3.8) is 0 Å². The molecule has 2 amide bonds. The van der Waals surface area contributed by atoms with Crippen molar-refractivity contribution in [1.82, 2.24) is 20.1 Å². The molecular weight excluding hydrogens is 308 g/mol. The Bertz CT molecular complexity index is 505. The molecule has 2 fully saturated rings. The van der Waals surface area contributed by atoms with Crippen LogP contribution in [0, 0.1) is 0 Å². The van der Waals surface area contributed by atoms with Crippen LogP contribution < -0.4 is 5.32 Å². The number of aromatic nitrogens is 1. The van der Waals surface area contributed by atoms with Crippen LogP contribution in [0.1, 0.15) is 24.8 Å². The van der Waals surface area contributed by atoms with Gasteiger partial charge in [0.25, 0.3) is 0 Å². The lowest BCUT2D eigenvalue weighted by Gasteiger charge is -2.35. The first kappa shape index (κ1) is 16.6. The van der Waals surface area contributed by atoms with Crippen LogP contribution in [0.5, 0.6) is 0 Å². The predicted octanol–water partition coefficient (Wildman–Crippen LogP) is 2.19. The van der Waals surface area contributed by atoms with Gasteiger partial charge in [0.15, 0.2) is 0 Å². The topological polar surface area (TPSA) is 48.5 Å². The molecule has 1 saturated heterocycles. The van der Waals surface area contributed by atoms with E-state index in [1.165, 1.54) is 18.4 Å². The molecule has 1 aliphatic carbocycles. The van der Waals surface area contributed by atoms with Crippen molar-refractivity contribution < 1.29 is 4.79 Å². The molecule has 0 bridgehead atoms.